The number of nitrogens with zero attached hydrogens (tertiary/aromatic N) is 3. The van der Waals surface area contributed by atoms with Crippen molar-refractivity contribution in [2.45, 2.75) is 39.8 Å². The van der Waals surface area contributed by atoms with Crippen LogP contribution < -0.4 is 10.6 Å². The van der Waals surface area contributed by atoms with E-state index in [1.807, 2.05) is 18.2 Å². The summed E-state index contributed by atoms with van der Waals surface area (Å²) in [4.78, 5) is 14.0. The van der Waals surface area contributed by atoms with Crippen LogP contribution in [0, 0.1) is 0 Å². The summed E-state index contributed by atoms with van der Waals surface area (Å²) < 4.78 is 0. The molecule has 3 aromatic rings. The molecule has 2 N–H and O–H groups in total. The van der Waals surface area contributed by atoms with E-state index in [0.717, 1.165) is 39.5 Å². The van der Waals surface area contributed by atoms with Crippen LogP contribution in [0.1, 0.15) is 43.1 Å². The largest absolute Gasteiger partial charge is 0.357 e. The molecule has 8 heteroatoms. The van der Waals surface area contributed by atoms with Gasteiger partial charge in [0.1, 0.15) is 10.0 Å². The van der Waals surface area contributed by atoms with Gasteiger partial charge in [-0.25, -0.2) is 15.0 Å². The van der Waals surface area contributed by atoms with Gasteiger partial charge in [-0.15, -0.1) is 46.7 Å². The Labute approximate surface area is 191 Å². The second kappa shape index (κ2) is 11.5. The molecule has 0 bridgehead atoms. The highest BCUT2D eigenvalue weighted by Crippen LogP contribution is 2.23. The van der Waals surface area contributed by atoms with Crippen molar-refractivity contribution in [2.24, 2.45) is 4.99 Å². The van der Waals surface area contributed by atoms with E-state index < -0.39 is 0 Å². The fourth-order valence-corrected chi connectivity index (χ4v) is 4.14. The van der Waals surface area contributed by atoms with Crippen molar-refractivity contribution in [3.8, 4) is 10.6 Å². The summed E-state index contributed by atoms with van der Waals surface area (Å²) in [6, 6.07) is 10.2. The van der Waals surface area contributed by atoms with Crippen LogP contribution in [0.2, 0.25) is 0 Å². The number of thiazole rings is 2. The summed E-state index contributed by atoms with van der Waals surface area (Å²) in [5.41, 5.74) is 3.27. The fourth-order valence-electron chi connectivity index (χ4n) is 2.43. The van der Waals surface area contributed by atoms with Crippen molar-refractivity contribution in [1.82, 2.24) is 20.6 Å². The molecule has 2 heterocycles. The van der Waals surface area contributed by atoms with Crippen LogP contribution in [0.4, 0.5) is 0 Å². The number of hydrogen-bond acceptors (Lipinski definition) is 5. The number of aromatic nitrogens is 2. The predicted molar refractivity (Wildman–Crippen MR) is 131 cm³/mol. The van der Waals surface area contributed by atoms with Gasteiger partial charge in [-0.05, 0) is 12.8 Å². The van der Waals surface area contributed by atoms with Gasteiger partial charge in [0, 0.05) is 22.9 Å². The zero-order valence-corrected chi connectivity index (χ0v) is 20.3. The maximum atomic E-state index is 4.70. The van der Waals surface area contributed by atoms with E-state index in [4.69, 9.17) is 4.98 Å². The van der Waals surface area contributed by atoms with Gasteiger partial charge in [-0.1, -0.05) is 44.2 Å². The van der Waals surface area contributed by atoms with Crippen molar-refractivity contribution in [3.63, 3.8) is 0 Å². The third-order valence-electron chi connectivity index (χ3n) is 3.88. The number of rotatable bonds is 7. The summed E-state index contributed by atoms with van der Waals surface area (Å²) in [6.07, 6.45) is 0. The molecule has 150 valence electrons. The fraction of sp³-hybridized carbons (Fsp3) is 0.350. The zero-order chi connectivity index (χ0) is 19.1. The average Bonchev–Trinajstić information content (AvgIpc) is 3.34. The van der Waals surface area contributed by atoms with Crippen LogP contribution in [0.25, 0.3) is 10.6 Å². The second-order valence-corrected chi connectivity index (χ2v) is 8.18. The maximum absolute atomic E-state index is 4.70. The van der Waals surface area contributed by atoms with Crippen molar-refractivity contribution < 1.29 is 0 Å². The molecule has 0 spiro atoms. The Hall–Kier alpha value is -1.52. The Morgan fingerprint density at radius 2 is 1.86 bits per heavy atom. The molecular formula is C20H26IN5S2. The first kappa shape index (κ1) is 22.8. The summed E-state index contributed by atoms with van der Waals surface area (Å²) in [6.45, 7) is 8.43. The SMILES string of the molecule is CCNC(=NCc1csc(-c2ccccc2)n1)NCc1nc(C(C)C)cs1.I. The van der Waals surface area contributed by atoms with E-state index in [1.165, 1.54) is 0 Å². The zero-order valence-electron chi connectivity index (χ0n) is 16.3. The van der Waals surface area contributed by atoms with Crippen molar-refractivity contribution >= 4 is 52.6 Å². The molecule has 5 nitrogen and oxygen atoms in total. The van der Waals surface area contributed by atoms with Gasteiger partial charge < -0.3 is 10.6 Å². The summed E-state index contributed by atoms with van der Waals surface area (Å²) >= 11 is 3.34. The molecule has 1 aromatic carbocycles. The monoisotopic (exact) mass is 527 g/mol. The van der Waals surface area contributed by atoms with Crippen LogP contribution >= 0.6 is 46.7 Å². The molecule has 3 rings (SSSR count). The molecule has 0 aliphatic rings. The third kappa shape index (κ3) is 6.52. The molecule has 0 aliphatic heterocycles. The Balaban J connectivity index is 0.00000280. The standard InChI is InChI=1S/C20H25N5S2.HI/c1-4-21-20(23-11-18-25-17(13-26-18)14(2)3)22-10-16-12-27-19(24-16)15-8-6-5-7-9-15;/h5-9,12-14H,4,10-11H2,1-3H3,(H2,21,22,23);1H. The van der Waals surface area contributed by atoms with E-state index in [-0.39, 0.29) is 24.0 Å². The third-order valence-corrected chi connectivity index (χ3v) is 5.69. The molecule has 0 radical (unpaired) electrons. The van der Waals surface area contributed by atoms with Crippen LogP contribution in [0.15, 0.2) is 46.1 Å². The second-order valence-electron chi connectivity index (χ2n) is 6.38. The predicted octanol–water partition coefficient (Wildman–Crippen LogP) is 5.26. The van der Waals surface area contributed by atoms with E-state index in [2.05, 4.69) is 64.3 Å². The van der Waals surface area contributed by atoms with Gasteiger partial charge >= 0.3 is 0 Å². The molecule has 2 aromatic heterocycles. The van der Waals surface area contributed by atoms with Gasteiger partial charge in [-0.2, -0.15) is 0 Å². The molecule has 0 aliphatic carbocycles. The summed E-state index contributed by atoms with van der Waals surface area (Å²) in [5.74, 6) is 1.24. The molecular weight excluding hydrogens is 501 g/mol. The minimum absolute atomic E-state index is 0. The number of benzene rings is 1. The van der Waals surface area contributed by atoms with Crippen LogP contribution in [-0.4, -0.2) is 22.5 Å². The first-order valence-electron chi connectivity index (χ1n) is 9.12. The number of hydrogen-bond donors (Lipinski definition) is 2. The number of nitrogens with one attached hydrogen (secondary N) is 2. The van der Waals surface area contributed by atoms with Crippen molar-refractivity contribution in [2.75, 3.05) is 6.54 Å². The molecule has 28 heavy (non-hydrogen) atoms. The molecule has 0 unspecified atom stereocenters. The van der Waals surface area contributed by atoms with Gasteiger partial charge in [0.05, 0.1) is 24.5 Å². The highest BCUT2D eigenvalue weighted by Gasteiger charge is 2.07. The quantitative estimate of drug-likeness (QED) is 0.250. The average molecular weight is 528 g/mol. The van der Waals surface area contributed by atoms with Crippen LogP contribution in [0.5, 0.6) is 0 Å². The lowest BCUT2D eigenvalue weighted by Gasteiger charge is -2.09. The molecule has 0 saturated heterocycles. The minimum Gasteiger partial charge on any atom is -0.357 e. The summed E-state index contributed by atoms with van der Waals surface area (Å²) in [5, 5.41) is 13.0. The number of guanidine groups is 1. The lowest BCUT2D eigenvalue weighted by Crippen LogP contribution is -2.36. The smallest absolute Gasteiger partial charge is 0.191 e. The molecule has 0 amide bonds. The van der Waals surface area contributed by atoms with Crippen molar-refractivity contribution in [3.05, 3.63) is 57.5 Å². The van der Waals surface area contributed by atoms with E-state index in [1.54, 1.807) is 22.7 Å². The van der Waals surface area contributed by atoms with Crippen LogP contribution in [0.3, 0.4) is 0 Å². The van der Waals surface area contributed by atoms with Gasteiger partial charge in [-0.3, -0.25) is 0 Å². The van der Waals surface area contributed by atoms with Crippen molar-refractivity contribution in [1.29, 1.82) is 0 Å². The van der Waals surface area contributed by atoms with E-state index in [0.29, 0.717) is 19.0 Å². The molecule has 0 atom stereocenters. The van der Waals surface area contributed by atoms with Gasteiger partial charge in [0.25, 0.3) is 0 Å². The number of aliphatic imine (C=N–C) groups is 1. The maximum Gasteiger partial charge on any atom is 0.191 e. The normalized spacial score (nSPS) is 11.4. The molecule has 0 fully saturated rings. The van der Waals surface area contributed by atoms with Crippen LogP contribution in [-0.2, 0) is 13.1 Å². The summed E-state index contributed by atoms with van der Waals surface area (Å²) in [7, 11) is 0. The Bertz CT molecular complexity index is 874. The lowest BCUT2D eigenvalue weighted by molar-refractivity contribution is 0.787. The first-order valence-corrected chi connectivity index (χ1v) is 10.9. The minimum atomic E-state index is 0. The first-order chi connectivity index (χ1) is 13.2. The van der Waals surface area contributed by atoms with E-state index >= 15 is 0 Å². The Kier molecular flexibility index (Phi) is 9.33. The highest BCUT2D eigenvalue weighted by molar-refractivity contribution is 14.0. The highest BCUT2D eigenvalue weighted by atomic mass is 127. The van der Waals surface area contributed by atoms with Gasteiger partial charge in [0.15, 0.2) is 5.96 Å². The number of halogens is 1. The molecule has 0 saturated carbocycles. The van der Waals surface area contributed by atoms with E-state index in [9.17, 15) is 0 Å². The Morgan fingerprint density at radius 3 is 2.54 bits per heavy atom. The topological polar surface area (TPSA) is 62.2 Å². The Morgan fingerprint density at radius 1 is 1.07 bits per heavy atom. The van der Waals surface area contributed by atoms with Gasteiger partial charge in [0.2, 0.25) is 0 Å². The lowest BCUT2D eigenvalue weighted by atomic mass is 10.2.